The van der Waals surface area contributed by atoms with Crippen LogP contribution in [0, 0.1) is 6.92 Å². The number of nitrogens with one attached hydrogen (secondary N) is 2. The van der Waals surface area contributed by atoms with Crippen LogP contribution in [0.4, 0.5) is 5.69 Å². The minimum absolute atomic E-state index is 0.0466. The fraction of sp³-hybridized carbons (Fsp3) is 0.429. The second-order valence-electron chi connectivity index (χ2n) is 4.87. The van der Waals surface area contributed by atoms with Crippen molar-refractivity contribution < 1.29 is 9.59 Å². The number of hydrogen-bond donors (Lipinski definition) is 3. The lowest BCUT2D eigenvalue weighted by atomic mass is 10.1. The molecule has 0 bridgehead atoms. The molecule has 1 aromatic rings. The van der Waals surface area contributed by atoms with Gasteiger partial charge in [0.25, 0.3) is 0 Å². The predicted octanol–water partition coefficient (Wildman–Crippen LogP) is 1.13. The maximum atomic E-state index is 12.0. The second kappa shape index (κ2) is 6.76. The van der Waals surface area contributed by atoms with E-state index in [1.807, 2.05) is 18.7 Å². The topological polar surface area (TPSA) is 84.2 Å². The molecule has 1 saturated heterocycles. The first kappa shape index (κ1) is 14.9. The highest BCUT2D eigenvalue weighted by Crippen LogP contribution is 2.18. The van der Waals surface area contributed by atoms with Crippen LogP contribution in [0.3, 0.4) is 0 Å². The number of rotatable bonds is 4. The first-order chi connectivity index (χ1) is 9.56. The maximum absolute atomic E-state index is 12.0. The van der Waals surface area contributed by atoms with Crippen molar-refractivity contribution in [1.29, 1.82) is 0 Å². The van der Waals surface area contributed by atoms with E-state index in [4.69, 9.17) is 5.73 Å². The van der Waals surface area contributed by atoms with Gasteiger partial charge in [0.05, 0.1) is 0 Å². The molecule has 0 spiro atoms. The molecular formula is C14H19N3O2S. The summed E-state index contributed by atoms with van der Waals surface area (Å²) >= 11 is 1.86. The first-order valence-corrected chi connectivity index (χ1v) is 7.73. The van der Waals surface area contributed by atoms with E-state index in [0.29, 0.717) is 17.7 Å². The molecular weight excluding hydrogens is 274 g/mol. The Kier molecular flexibility index (Phi) is 5.03. The lowest BCUT2D eigenvalue weighted by Crippen LogP contribution is -2.39. The molecule has 2 amide bonds. The highest BCUT2D eigenvalue weighted by molar-refractivity contribution is 7.99. The summed E-state index contributed by atoms with van der Waals surface area (Å²) < 4.78 is 0. The Bertz CT molecular complexity index is 513. The molecule has 1 aliphatic rings. The van der Waals surface area contributed by atoms with Crippen molar-refractivity contribution in [2.75, 3.05) is 23.4 Å². The van der Waals surface area contributed by atoms with E-state index < -0.39 is 5.91 Å². The van der Waals surface area contributed by atoms with Crippen LogP contribution in [0.25, 0.3) is 0 Å². The molecule has 20 heavy (non-hydrogen) atoms. The number of amides is 2. The lowest BCUT2D eigenvalue weighted by molar-refractivity contribution is -0.116. The Morgan fingerprint density at radius 3 is 2.95 bits per heavy atom. The molecule has 0 aromatic heterocycles. The summed E-state index contributed by atoms with van der Waals surface area (Å²) in [6, 6.07) is 5.28. The van der Waals surface area contributed by atoms with Crippen molar-refractivity contribution in [2.24, 2.45) is 5.73 Å². The Labute approximate surface area is 122 Å². The van der Waals surface area contributed by atoms with Gasteiger partial charge in [0.2, 0.25) is 11.8 Å². The molecule has 5 nitrogen and oxygen atoms in total. The van der Waals surface area contributed by atoms with Crippen molar-refractivity contribution in [3.8, 4) is 0 Å². The highest BCUT2D eigenvalue weighted by Gasteiger charge is 2.17. The number of carbonyl (C=O) groups is 2. The van der Waals surface area contributed by atoms with E-state index in [-0.39, 0.29) is 11.9 Å². The third-order valence-electron chi connectivity index (χ3n) is 3.23. The van der Waals surface area contributed by atoms with Crippen LogP contribution < -0.4 is 16.4 Å². The van der Waals surface area contributed by atoms with Gasteiger partial charge >= 0.3 is 0 Å². The van der Waals surface area contributed by atoms with E-state index in [1.165, 1.54) is 0 Å². The number of hydrogen-bond acceptors (Lipinski definition) is 4. The Morgan fingerprint density at radius 2 is 2.30 bits per heavy atom. The van der Waals surface area contributed by atoms with Gasteiger partial charge in [0, 0.05) is 41.8 Å². The normalized spacial score (nSPS) is 18.6. The second-order valence-corrected chi connectivity index (χ2v) is 6.02. The SMILES string of the molecule is Cc1ccc(C(N)=O)cc1NC(=O)CC1CSCCN1. The molecule has 1 atom stereocenters. The number of thioether (sulfide) groups is 1. The summed E-state index contributed by atoms with van der Waals surface area (Å²) in [6.07, 6.45) is 0.438. The molecule has 6 heteroatoms. The van der Waals surface area contributed by atoms with Crippen LogP contribution in [-0.2, 0) is 4.79 Å². The summed E-state index contributed by atoms with van der Waals surface area (Å²) in [5.74, 6) is 1.51. The smallest absolute Gasteiger partial charge is 0.248 e. The summed E-state index contributed by atoms with van der Waals surface area (Å²) in [6.45, 7) is 2.83. The minimum atomic E-state index is -0.495. The third kappa shape index (κ3) is 3.98. The molecule has 108 valence electrons. The van der Waals surface area contributed by atoms with Crippen molar-refractivity contribution in [2.45, 2.75) is 19.4 Å². The first-order valence-electron chi connectivity index (χ1n) is 6.57. The number of carbonyl (C=O) groups excluding carboxylic acids is 2. The van der Waals surface area contributed by atoms with E-state index in [9.17, 15) is 9.59 Å². The number of aryl methyl sites for hydroxylation is 1. The maximum Gasteiger partial charge on any atom is 0.248 e. The zero-order valence-electron chi connectivity index (χ0n) is 11.4. The summed E-state index contributed by atoms with van der Waals surface area (Å²) in [5.41, 5.74) is 7.21. The van der Waals surface area contributed by atoms with Crippen molar-refractivity contribution in [1.82, 2.24) is 5.32 Å². The molecule has 1 fully saturated rings. The zero-order chi connectivity index (χ0) is 14.5. The average molecular weight is 293 g/mol. The molecule has 0 saturated carbocycles. The van der Waals surface area contributed by atoms with Crippen LogP contribution in [0.2, 0.25) is 0 Å². The van der Waals surface area contributed by atoms with Gasteiger partial charge in [-0.15, -0.1) is 0 Å². The molecule has 1 heterocycles. The quantitative estimate of drug-likeness (QED) is 0.777. The number of anilines is 1. The molecule has 1 unspecified atom stereocenters. The molecule has 0 radical (unpaired) electrons. The number of nitrogens with two attached hydrogens (primary N) is 1. The third-order valence-corrected chi connectivity index (χ3v) is 4.36. The molecule has 4 N–H and O–H groups in total. The molecule has 1 aromatic carbocycles. The van der Waals surface area contributed by atoms with Crippen LogP contribution >= 0.6 is 11.8 Å². The summed E-state index contributed by atoms with van der Waals surface area (Å²) in [5, 5.41) is 6.18. The summed E-state index contributed by atoms with van der Waals surface area (Å²) in [4.78, 5) is 23.2. The van der Waals surface area contributed by atoms with E-state index in [2.05, 4.69) is 10.6 Å². The zero-order valence-corrected chi connectivity index (χ0v) is 12.3. The number of primary amides is 1. The average Bonchev–Trinajstić information content (AvgIpc) is 2.42. The predicted molar refractivity (Wildman–Crippen MR) is 82.1 cm³/mol. The van der Waals surface area contributed by atoms with Gasteiger partial charge in [0.15, 0.2) is 0 Å². The fourth-order valence-electron chi connectivity index (χ4n) is 2.09. The van der Waals surface area contributed by atoms with Crippen LogP contribution in [-0.4, -0.2) is 35.9 Å². The largest absolute Gasteiger partial charge is 0.366 e. The van der Waals surface area contributed by atoms with Crippen molar-refractivity contribution >= 4 is 29.3 Å². The Balaban J connectivity index is 1.99. The lowest BCUT2D eigenvalue weighted by Gasteiger charge is -2.22. The van der Waals surface area contributed by atoms with Gasteiger partial charge in [-0.2, -0.15) is 11.8 Å². The van der Waals surface area contributed by atoms with Gasteiger partial charge in [-0.3, -0.25) is 9.59 Å². The minimum Gasteiger partial charge on any atom is -0.366 e. The molecule has 1 aliphatic heterocycles. The van der Waals surface area contributed by atoms with Crippen molar-refractivity contribution in [3.05, 3.63) is 29.3 Å². The van der Waals surface area contributed by atoms with Gasteiger partial charge < -0.3 is 16.4 Å². The van der Waals surface area contributed by atoms with Gasteiger partial charge in [-0.25, -0.2) is 0 Å². The standard InChI is InChI=1S/C14H19N3O2S/c1-9-2-3-10(14(15)19)6-12(9)17-13(18)7-11-8-20-5-4-16-11/h2-3,6,11,16H,4-5,7-8H2,1H3,(H2,15,19)(H,17,18). The van der Waals surface area contributed by atoms with Crippen LogP contribution in [0.1, 0.15) is 22.3 Å². The highest BCUT2D eigenvalue weighted by atomic mass is 32.2. The van der Waals surface area contributed by atoms with Gasteiger partial charge in [-0.1, -0.05) is 6.07 Å². The Hall–Kier alpha value is -1.53. The fourth-order valence-corrected chi connectivity index (χ4v) is 3.03. The van der Waals surface area contributed by atoms with E-state index >= 15 is 0 Å². The van der Waals surface area contributed by atoms with Crippen molar-refractivity contribution in [3.63, 3.8) is 0 Å². The summed E-state index contributed by atoms with van der Waals surface area (Å²) in [7, 11) is 0. The number of benzene rings is 1. The van der Waals surface area contributed by atoms with Crippen LogP contribution in [0.5, 0.6) is 0 Å². The molecule has 2 rings (SSSR count). The Morgan fingerprint density at radius 1 is 1.50 bits per heavy atom. The molecule has 0 aliphatic carbocycles. The monoisotopic (exact) mass is 293 g/mol. The van der Waals surface area contributed by atoms with E-state index in [0.717, 1.165) is 23.6 Å². The van der Waals surface area contributed by atoms with Gasteiger partial charge in [-0.05, 0) is 24.6 Å². The van der Waals surface area contributed by atoms with Crippen LogP contribution in [0.15, 0.2) is 18.2 Å². The van der Waals surface area contributed by atoms with Gasteiger partial charge in [0.1, 0.15) is 0 Å². The van der Waals surface area contributed by atoms with E-state index in [1.54, 1.807) is 18.2 Å².